The molecule has 0 aliphatic heterocycles. The van der Waals surface area contributed by atoms with Crippen molar-refractivity contribution in [3.63, 3.8) is 0 Å². The number of anilines is 1. The van der Waals surface area contributed by atoms with E-state index < -0.39 is 28.3 Å². The van der Waals surface area contributed by atoms with Gasteiger partial charge in [-0.3, -0.25) is 9.10 Å². The number of nitrogens with one attached hydrogen (secondary N) is 1. The second-order valence-electron chi connectivity index (χ2n) is 7.92. The van der Waals surface area contributed by atoms with Crippen molar-refractivity contribution in [1.29, 1.82) is 0 Å². The van der Waals surface area contributed by atoms with Gasteiger partial charge < -0.3 is 4.42 Å². The Kier molecular flexibility index (Phi) is 7.97. The monoisotopic (exact) mass is 559 g/mol. The minimum atomic E-state index is -4.13. The molecule has 0 radical (unpaired) electrons. The van der Waals surface area contributed by atoms with Crippen molar-refractivity contribution in [1.82, 2.24) is 5.43 Å². The molecule has 4 rings (SSSR count). The highest BCUT2D eigenvalue weighted by molar-refractivity contribution is 7.92. The predicted molar refractivity (Wildman–Crippen MR) is 142 cm³/mol. The molecule has 3 aromatic carbocycles. The number of furan rings is 1. The van der Waals surface area contributed by atoms with Crippen LogP contribution in [0.3, 0.4) is 0 Å². The maximum Gasteiger partial charge on any atom is 0.264 e. The van der Waals surface area contributed by atoms with E-state index in [0.717, 1.165) is 22.0 Å². The third-order valence-electron chi connectivity index (χ3n) is 5.22. The Bertz CT molecular complexity index is 1550. The van der Waals surface area contributed by atoms with Gasteiger partial charge in [0.1, 0.15) is 23.9 Å². The highest BCUT2D eigenvalue weighted by Gasteiger charge is 2.27. The summed E-state index contributed by atoms with van der Waals surface area (Å²) in [6, 6.07) is 19.3. The van der Waals surface area contributed by atoms with E-state index in [9.17, 15) is 17.6 Å². The molecule has 4 aromatic rings. The number of amides is 1. The zero-order valence-electron chi connectivity index (χ0n) is 19.4. The van der Waals surface area contributed by atoms with Crippen molar-refractivity contribution in [3.8, 4) is 11.3 Å². The van der Waals surface area contributed by atoms with E-state index in [4.69, 9.17) is 27.6 Å². The number of carbonyl (C=O) groups is 1. The number of hydrogen-bond donors (Lipinski definition) is 1. The first-order valence-electron chi connectivity index (χ1n) is 10.9. The molecule has 37 heavy (non-hydrogen) atoms. The van der Waals surface area contributed by atoms with Gasteiger partial charge >= 0.3 is 0 Å². The van der Waals surface area contributed by atoms with Crippen LogP contribution in [0.1, 0.15) is 11.3 Å². The second kappa shape index (κ2) is 11.2. The number of aryl methyl sites for hydroxylation is 1. The maximum atomic E-state index is 13.5. The molecule has 1 N–H and O–H groups in total. The van der Waals surface area contributed by atoms with E-state index in [-0.39, 0.29) is 10.6 Å². The van der Waals surface area contributed by atoms with Crippen molar-refractivity contribution >= 4 is 51.0 Å². The van der Waals surface area contributed by atoms with Gasteiger partial charge in [0.15, 0.2) is 0 Å². The lowest BCUT2D eigenvalue weighted by molar-refractivity contribution is -0.119. The van der Waals surface area contributed by atoms with Gasteiger partial charge in [-0.05, 0) is 73.7 Å². The molecule has 1 heterocycles. The molecule has 0 saturated carbocycles. The molecule has 11 heteroatoms. The number of hydrazone groups is 1. The molecular weight excluding hydrogens is 540 g/mol. The summed E-state index contributed by atoms with van der Waals surface area (Å²) >= 11 is 12.1. The number of benzene rings is 3. The number of halogens is 3. The summed E-state index contributed by atoms with van der Waals surface area (Å²) in [6.45, 7) is 1.23. The third kappa shape index (κ3) is 6.37. The van der Waals surface area contributed by atoms with Crippen molar-refractivity contribution < 1.29 is 22.0 Å². The molecule has 0 fully saturated rings. The van der Waals surface area contributed by atoms with E-state index in [0.29, 0.717) is 27.1 Å². The average Bonchev–Trinajstić information content (AvgIpc) is 3.32. The topological polar surface area (TPSA) is 92.0 Å². The molecule has 0 spiro atoms. The molecule has 1 amide bonds. The fourth-order valence-electron chi connectivity index (χ4n) is 3.35. The highest BCUT2D eigenvalue weighted by Crippen LogP contribution is 2.31. The molecular formula is C26H20Cl2FN3O4S. The van der Waals surface area contributed by atoms with Crippen LogP contribution in [-0.2, 0) is 14.8 Å². The van der Waals surface area contributed by atoms with E-state index >= 15 is 0 Å². The van der Waals surface area contributed by atoms with Crippen LogP contribution in [0.15, 0.2) is 93.3 Å². The second-order valence-corrected chi connectivity index (χ2v) is 10.6. The first-order chi connectivity index (χ1) is 17.6. The van der Waals surface area contributed by atoms with E-state index in [1.165, 1.54) is 30.5 Å². The van der Waals surface area contributed by atoms with Crippen LogP contribution in [-0.4, -0.2) is 27.1 Å². The van der Waals surface area contributed by atoms with Crippen molar-refractivity contribution in [2.45, 2.75) is 11.8 Å². The third-order valence-corrected chi connectivity index (χ3v) is 7.55. The molecule has 0 aliphatic rings. The summed E-state index contributed by atoms with van der Waals surface area (Å²) in [7, 11) is -4.13. The predicted octanol–water partition coefficient (Wildman–Crippen LogP) is 6.05. The van der Waals surface area contributed by atoms with Crippen LogP contribution < -0.4 is 9.73 Å². The smallest absolute Gasteiger partial charge is 0.264 e. The Morgan fingerprint density at radius 3 is 2.41 bits per heavy atom. The largest absolute Gasteiger partial charge is 0.455 e. The molecule has 0 bridgehead atoms. The molecule has 7 nitrogen and oxygen atoms in total. The lowest BCUT2D eigenvalue weighted by atomic mass is 10.2. The van der Waals surface area contributed by atoms with Crippen LogP contribution in [0.25, 0.3) is 11.3 Å². The normalized spacial score (nSPS) is 11.6. The van der Waals surface area contributed by atoms with Crippen LogP contribution >= 0.6 is 23.2 Å². The average molecular weight is 560 g/mol. The molecule has 0 saturated heterocycles. The maximum absolute atomic E-state index is 13.5. The highest BCUT2D eigenvalue weighted by atomic mass is 35.5. The molecule has 190 valence electrons. The van der Waals surface area contributed by atoms with Gasteiger partial charge in [-0.1, -0.05) is 40.9 Å². The minimum Gasteiger partial charge on any atom is -0.455 e. The van der Waals surface area contributed by atoms with E-state index in [1.54, 1.807) is 42.5 Å². The Balaban J connectivity index is 1.50. The Hall–Kier alpha value is -3.66. The summed E-state index contributed by atoms with van der Waals surface area (Å²) in [5.74, 6) is -0.461. The zero-order chi connectivity index (χ0) is 26.6. The zero-order valence-corrected chi connectivity index (χ0v) is 21.7. The van der Waals surface area contributed by atoms with Gasteiger partial charge in [0, 0.05) is 10.6 Å². The molecule has 0 unspecified atom stereocenters. The first kappa shape index (κ1) is 26.4. The summed E-state index contributed by atoms with van der Waals surface area (Å²) in [5.41, 5.74) is 3.92. The number of hydrogen-bond acceptors (Lipinski definition) is 5. The number of sulfonamides is 1. The van der Waals surface area contributed by atoms with Crippen LogP contribution in [0.4, 0.5) is 10.1 Å². The van der Waals surface area contributed by atoms with Gasteiger partial charge in [-0.15, -0.1) is 0 Å². The van der Waals surface area contributed by atoms with Gasteiger partial charge in [0.25, 0.3) is 15.9 Å². The van der Waals surface area contributed by atoms with Crippen molar-refractivity contribution in [2.75, 3.05) is 10.8 Å². The van der Waals surface area contributed by atoms with E-state index in [2.05, 4.69) is 10.5 Å². The summed E-state index contributed by atoms with van der Waals surface area (Å²) < 4.78 is 46.7. The lowest BCUT2D eigenvalue weighted by Crippen LogP contribution is -2.39. The Labute approximate surface area is 223 Å². The van der Waals surface area contributed by atoms with Gasteiger partial charge in [-0.2, -0.15) is 5.10 Å². The number of rotatable bonds is 8. The fraction of sp³-hybridized carbons (Fsp3) is 0.0769. The fourth-order valence-corrected chi connectivity index (χ4v) is 5.27. The van der Waals surface area contributed by atoms with E-state index in [1.807, 2.05) is 6.92 Å². The number of nitrogens with zero attached hydrogens (tertiary/aromatic N) is 2. The summed E-state index contributed by atoms with van der Waals surface area (Å²) in [6.07, 6.45) is 1.27. The lowest BCUT2D eigenvalue weighted by Gasteiger charge is -2.23. The SMILES string of the molecule is Cc1ccc(S(=O)(=O)N(CC(=O)N/N=C\c2ccc(-c3ccc(Cl)cc3Cl)o2)c2ccc(F)cc2)cc1. The Morgan fingerprint density at radius 2 is 1.73 bits per heavy atom. The van der Waals surface area contributed by atoms with Crippen molar-refractivity contribution in [3.05, 3.63) is 106 Å². The van der Waals surface area contributed by atoms with Crippen molar-refractivity contribution in [2.24, 2.45) is 5.10 Å². The molecule has 0 aliphatic carbocycles. The quantitative estimate of drug-likeness (QED) is 0.210. The summed E-state index contributed by atoms with van der Waals surface area (Å²) in [5, 5.41) is 4.76. The van der Waals surface area contributed by atoms with Crippen LogP contribution in [0, 0.1) is 12.7 Å². The molecule has 0 atom stereocenters. The van der Waals surface area contributed by atoms with Crippen LogP contribution in [0.2, 0.25) is 10.0 Å². The van der Waals surface area contributed by atoms with Gasteiger partial charge in [0.05, 0.1) is 21.8 Å². The number of carbonyl (C=O) groups excluding carboxylic acids is 1. The standard InChI is InChI=1S/C26H20Cl2FN3O4S/c1-17-2-10-22(11-3-17)37(34,35)32(20-7-5-19(29)6-8-20)16-26(33)31-30-15-21-9-13-25(36-21)23-12-4-18(27)14-24(23)28/h2-15H,16H2,1H3,(H,31,33)/b30-15-. The first-order valence-corrected chi connectivity index (χ1v) is 13.1. The summed E-state index contributed by atoms with van der Waals surface area (Å²) in [4.78, 5) is 12.6. The van der Waals surface area contributed by atoms with Crippen LogP contribution in [0.5, 0.6) is 0 Å². The Morgan fingerprint density at radius 1 is 1.03 bits per heavy atom. The van der Waals surface area contributed by atoms with Gasteiger partial charge in [-0.25, -0.2) is 18.2 Å². The molecule has 1 aromatic heterocycles. The van der Waals surface area contributed by atoms with Gasteiger partial charge in [0.2, 0.25) is 0 Å². The minimum absolute atomic E-state index is 0.0114.